The van der Waals surface area contributed by atoms with Gasteiger partial charge in [0.25, 0.3) is 0 Å². The minimum Gasteiger partial charge on any atom is -0.383 e. The lowest BCUT2D eigenvalue weighted by molar-refractivity contribution is 0.104. The topological polar surface area (TPSA) is 29.1 Å². The second-order valence-corrected chi connectivity index (χ2v) is 3.54. The average molecular weight is 207 g/mol. The van der Waals surface area contributed by atoms with Crippen LogP contribution in [-0.4, -0.2) is 19.1 Å². The van der Waals surface area contributed by atoms with Gasteiger partial charge in [-0.3, -0.25) is 4.79 Å². The molecule has 0 aliphatic carbocycles. The number of allylic oxidation sites excluding steroid dienone is 1. The van der Waals surface area contributed by atoms with E-state index in [4.69, 9.17) is 0 Å². The number of hydrogen-bond donors (Lipinski definition) is 1. The molecule has 0 atom stereocenters. The van der Waals surface area contributed by atoms with Crippen LogP contribution in [0.2, 0.25) is 0 Å². The molecule has 74 valence electrons. The SMILES string of the molecule is CN/C(=C\C(=O)c1ccccc1)SC. The molecule has 1 N–H and O–H groups in total. The highest BCUT2D eigenvalue weighted by Gasteiger charge is 2.02. The van der Waals surface area contributed by atoms with Crippen LogP contribution in [0.1, 0.15) is 10.4 Å². The molecule has 0 aliphatic rings. The molecule has 0 saturated heterocycles. The first-order chi connectivity index (χ1) is 6.77. The number of carbonyl (C=O) groups excluding carboxylic acids is 1. The molecule has 0 saturated carbocycles. The van der Waals surface area contributed by atoms with E-state index in [0.29, 0.717) is 5.56 Å². The minimum atomic E-state index is 0.0318. The summed E-state index contributed by atoms with van der Waals surface area (Å²) in [6.07, 6.45) is 3.54. The Hall–Kier alpha value is -1.22. The molecule has 1 aromatic rings. The van der Waals surface area contributed by atoms with E-state index in [1.54, 1.807) is 13.1 Å². The molecule has 0 unspecified atom stereocenters. The van der Waals surface area contributed by atoms with Gasteiger partial charge in [0.1, 0.15) is 0 Å². The normalized spacial score (nSPS) is 11.1. The van der Waals surface area contributed by atoms with Crippen LogP contribution in [0.4, 0.5) is 0 Å². The van der Waals surface area contributed by atoms with Gasteiger partial charge in [-0.05, 0) is 6.26 Å². The van der Waals surface area contributed by atoms with Gasteiger partial charge >= 0.3 is 0 Å². The van der Waals surface area contributed by atoms with Crippen molar-refractivity contribution in [3.8, 4) is 0 Å². The number of carbonyl (C=O) groups is 1. The quantitative estimate of drug-likeness (QED) is 0.606. The van der Waals surface area contributed by atoms with Crippen molar-refractivity contribution >= 4 is 17.5 Å². The smallest absolute Gasteiger partial charge is 0.188 e. The summed E-state index contributed by atoms with van der Waals surface area (Å²) in [6, 6.07) is 9.24. The third kappa shape index (κ3) is 2.92. The molecule has 0 fully saturated rings. The molecular formula is C11H13NOS. The number of nitrogens with one attached hydrogen (secondary N) is 1. The molecule has 0 bridgehead atoms. The zero-order chi connectivity index (χ0) is 10.4. The largest absolute Gasteiger partial charge is 0.383 e. The lowest BCUT2D eigenvalue weighted by Crippen LogP contribution is -2.05. The first-order valence-corrected chi connectivity index (χ1v) is 5.53. The fraction of sp³-hybridized carbons (Fsp3) is 0.182. The molecule has 0 radical (unpaired) electrons. The van der Waals surface area contributed by atoms with E-state index < -0.39 is 0 Å². The van der Waals surface area contributed by atoms with Crippen LogP contribution >= 0.6 is 11.8 Å². The van der Waals surface area contributed by atoms with Gasteiger partial charge in [-0.2, -0.15) is 0 Å². The third-order valence-electron chi connectivity index (χ3n) is 1.79. The summed E-state index contributed by atoms with van der Waals surface area (Å²) in [6.45, 7) is 0. The standard InChI is InChI=1S/C11H13NOS/c1-12-11(14-2)8-10(13)9-6-4-3-5-7-9/h3-8,12H,1-2H3/b11-8+. The van der Waals surface area contributed by atoms with Gasteiger partial charge < -0.3 is 5.32 Å². The van der Waals surface area contributed by atoms with Crippen LogP contribution in [0.5, 0.6) is 0 Å². The summed E-state index contributed by atoms with van der Waals surface area (Å²) < 4.78 is 0. The van der Waals surface area contributed by atoms with Crippen LogP contribution in [-0.2, 0) is 0 Å². The van der Waals surface area contributed by atoms with E-state index in [0.717, 1.165) is 5.03 Å². The second kappa shape index (κ2) is 5.50. The van der Waals surface area contributed by atoms with Crippen LogP contribution in [0.25, 0.3) is 0 Å². The minimum absolute atomic E-state index is 0.0318. The Morgan fingerprint density at radius 3 is 2.50 bits per heavy atom. The van der Waals surface area contributed by atoms with Crippen molar-refractivity contribution in [2.75, 3.05) is 13.3 Å². The predicted octanol–water partition coefficient (Wildman–Crippen LogP) is 2.29. The van der Waals surface area contributed by atoms with Crippen molar-refractivity contribution in [3.05, 3.63) is 47.0 Å². The van der Waals surface area contributed by atoms with Crippen molar-refractivity contribution in [2.45, 2.75) is 0 Å². The summed E-state index contributed by atoms with van der Waals surface area (Å²) in [5.74, 6) is 0.0318. The fourth-order valence-corrected chi connectivity index (χ4v) is 1.47. The molecule has 0 amide bonds. The van der Waals surface area contributed by atoms with Gasteiger partial charge in [0.05, 0.1) is 5.03 Å². The van der Waals surface area contributed by atoms with Crippen LogP contribution < -0.4 is 5.32 Å². The number of thioether (sulfide) groups is 1. The van der Waals surface area contributed by atoms with Crippen molar-refractivity contribution in [2.24, 2.45) is 0 Å². The molecule has 0 spiro atoms. The summed E-state index contributed by atoms with van der Waals surface area (Å²) in [5.41, 5.74) is 0.717. The second-order valence-electron chi connectivity index (χ2n) is 2.69. The average Bonchev–Trinajstić information content (AvgIpc) is 2.26. The van der Waals surface area contributed by atoms with E-state index in [1.165, 1.54) is 11.8 Å². The molecule has 1 aromatic carbocycles. The lowest BCUT2D eigenvalue weighted by Gasteiger charge is -2.01. The maximum atomic E-state index is 11.6. The van der Waals surface area contributed by atoms with Gasteiger partial charge in [0.15, 0.2) is 5.78 Å². The molecule has 0 aliphatic heterocycles. The Balaban J connectivity index is 2.82. The zero-order valence-corrected chi connectivity index (χ0v) is 9.10. The van der Waals surface area contributed by atoms with E-state index in [1.807, 2.05) is 36.6 Å². The maximum Gasteiger partial charge on any atom is 0.188 e. The summed E-state index contributed by atoms with van der Waals surface area (Å²) in [5, 5.41) is 3.83. The molecule has 0 aromatic heterocycles. The molecular weight excluding hydrogens is 194 g/mol. The number of ketones is 1. The molecule has 2 nitrogen and oxygen atoms in total. The lowest BCUT2D eigenvalue weighted by atomic mass is 10.1. The summed E-state index contributed by atoms with van der Waals surface area (Å²) in [7, 11) is 1.81. The van der Waals surface area contributed by atoms with Crippen LogP contribution in [0.3, 0.4) is 0 Å². The van der Waals surface area contributed by atoms with Gasteiger partial charge in [0.2, 0.25) is 0 Å². The van der Waals surface area contributed by atoms with E-state index in [-0.39, 0.29) is 5.78 Å². The van der Waals surface area contributed by atoms with Gasteiger partial charge in [-0.15, -0.1) is 11.8 Å². The number of benzene rings is 1. The Morgan fingerprint density at radius 1 is 1.36 bits per heavy atom. The summed E-state index contributed by atoms with van der Waals surface area (Å²) in [4.78, 5) is 11.6. The maximum absolute atomic E-state index is 11.6. The Morgan fingerprint density at radius 2 is 2.00 bits per heavy atom. The highest BCUT2D eigenvalue weighted by atomic mass is 32.2. The third-order valence-corrected chi connectivity index (χ3v) is 2.55. The van der Waals surface area contributed by atoms with Gasteiger partial charge in [-0.25, -0.2) is 0 Å². The van der Waals surface area contributed by atoms with Crippen LogP contribution in [0.15, 0.2) is 41.4 Å². The first kappa shape index (κ1) is 10.9. The molecule has 14 heavy (non-hydrogen) atoms. The highest BCUT2D eigenvalue weighted by molar-refractivity contribution is 8.02. The van der Waals surface area contributed by atoms with Crippen molar-refractivity contribution < 1.29 is 4.79 Å². The Labute approximate surface area is 88.4 Å². The first-order valence-electron chi connectivity index (χ1n) is 4.30. The Bertz CT molecular complexity index is 326. The zero-order valence-electron chi connectivity index (χ0n) is 8.28. The molecule has 3 heteroatoms. The van der Waals surface area contributed by atoms with Gasteiger partial charge in [0, 0.05) is 18.7 Å². The fourth-order valence-electron chi connectivity index (χ4n) is 1.04. The summed E-state index contributed by atoms with van der Waals surface area (Å²) >= 11 is 1.52. The van der Waals surface area contributed by atoms with E-state index >= 15 is 0 Å². The predicted molar refractivity (Wildman–Crippen MR) is 61.4 cm³/mol. The van der Waals surface area contributed by atoms with Crippen LogP contribution in [0, 0.1) is 0 Å². The molecule has 0 heterocycles. The van der Waals surface area contributed by atoms with Crippen molar-refractivity contribution in [1.82, 2.24) is 5.32 Å². The Kier molecular flexibility index (Phi) is 4.26. The van der Waals surface area contributed by atoms with Crippen molar-refractivity contribution in [3.63, 3.8) is 0 Å². The molecule has 1 rings (SSSR count). The number of rotatable bonds is 4. The van der Waals surface area contributed by atoms with Gasteiger partial charge in [-0.1, -0.05) is 30.3 Å². The number of hydrogen-bond acceptors (Lipinski definition) is 3. The highest BCUT2D eigenvalue weighted by Crippen LogP contribution is 2.09. The van der Waals surface area contributed by atoms with E-state index in [9.17, 15) is 4.79 Å². The van der Waals surface area contributed by atoms with E-state index in [2.05, 4.69) is 5.32 Å². The monoisotopic (exact) mass is 207 g/mol. The van der Waals surface area contributed by atoms with Crippen molar-refractivity contribution in [1.29, 1.82) is 0 Å².